The van der Waals surface area contributed by atoms with E-state index in [9.17, 15) is 4.79 Å². The maximum absolute atomic E-state index is 12.4. The van der Waals surface area contributed by atoms with Crippen molar-refractivity contribution in [1.29, 1.82) is 0 Å². The molecule has 0 aliphatic carbocycles. The van der Waals surface area contributed by atoms with Crippen molar-refractivity contribution in [2.24, 2.45) is 10.2 Å². The summed E-state index contributed by atoms with van der Waals surface area (Å²) < 4.78 is 1.69. The number of Topliss-reactive ketones (excluding diaryl/α,β-unsaturated/α-hetero) is 1. The molecule has 3 rings (SSSR count). The van der Waals surface area contributed by atoms with Gasteiger partial charge in [0.2, 0.25) is 0 Å². The van der Waals surface area contributed by atoms with E-state index in [2.05, 4.69) is 15.3 Å². The lowest BCUT2D eigenvalue weighted by atomic mass is 10.1. The zero-order valence-corrected chi connectivity index (χ0v) is 14.6. The average molecular weight is 332 g/mol. The summed E-state index contributed by atoms with van der Waals surface area (Å²) in [6.07, 6.45) is 0. The standard InChI is InChI=1S/C20H20N4O/c1-14-9-11-18(12-10-14)21-22-20-15(2)23-24(16(20)3)13-19(25)17-7-5-4-6-8-17/h4-12H,13H2,1-3H3. The molecule has 2 aromatic carbocycles. The fourth-order valence-electron chi connectivity index (χ4n) is 2.56. The topological polar surface area (TPSA) is 59.6 Å². The molecule has 0 aliphatic rings. The van der Waals surface area contributed by atoms with Crippen LogP contribution in [0.15, 0.2) is 64.8 Å². The first-order chi connectivity index (χ1) is 12.0. The molecule has 0 atom stereocenters. The van der Waals surface area contributed by atoms with Gasteiger partial charge in [0.05, 0.1) is 17.1 Å². The van der Waals surface area contributed by atoms with Crippen molar-refractivity contribution >= 4 is 17.2 Å². The van der Waals surface area contributed by atoms with Crippen LogP contribution in [-0.4, -0.2) is 15.6 Å². The molecular weight excluding hydrogens is 312 g/mol. The summed E-state index contributed by atoms with van der Waals surface area (Å²) in [5, 5.41) is 13.1. The van der Waals surface area contributed by atoms with E-state index in [1.54, 1.807) is 4.68 Å². The molecule has 0 aliphatic heterocycles. The van der Waals surface area contributed by atoms with Crippen LogP contribution in [0.5, 0.6) is 0 Å². The Morgan fingerprint density at radius 3 is 2.32 bits per heavy atom. The Morgan fingerprint density at radius 1 is 0.960 bits per heavy atom. The van der Waals surface area contributed by atoms with Gasteiger partial charge in [0.1, 0.15) is 12.2 Å². The van der Waals surface area contributed by atoms with Crippen molar-refractivity contribution in [2.45, 2.75) is 27.3 Å². The second-order valence-corrected chi connectivity index (χ2v) is 6.00. The molecule has 3 aromatic rings. The number of rotatable bonds is 5. The van der Waals surface area contributed by atoms with E-state index in [4.69, 9.17) is 0 Å². The number of aryl methyl sites for hydroxylation is 2. The van der Waals surface area contributed by atoms with Gasteiger partial charge in [0.25, 0.3) is 0 Å². The lowest BCUT2D eigenvalue weighted by Gasteiger charge is -2.03. The maximum Gasteiger partial charge on any atom is 0.184 e. The molecule has 0 spiro atoms. The number of aromatic nitrogens is 2. The van der Waals surface area contributed by atoms with Gasteiger partial charge in [-0.15, -0.1) is 5.11 Å². The van der Waals surface area contributed by atoms with Crippen LogP contribution in [0, 0.1) is 20.8 Å². The largest absolute Gasteiger partial charge is 0.292 e. The minimum atomic E-state index is 0.0215. The number of azo groups is 1. The van der Waals surface area contributed by atoms with Gasteiger partial charge in [-0.25, -0.2) is 0 Å². The molecule has 25 heavy (non-hydrogen) atoms. The third-order valence-corrected chi connectivity index (χ3v) is 4.03. The Morgan fingerprint density at radius 2 is 1.64 bits per heavy atom. The number of benzene rings is 2. The molecule has 5 heteroatoms. The number of hydrogen-bond acceptors (Lipinski definition) is 4. The van der Waals surface area contributed by atoms with E-state index in [0.29, 0.717) is 11.3 Å². The van der Waals surface area contributed by atoms with E-state index in [1.165, 1.54) is 5.56 Å². The van der Waals surface area contributed by atoms with E-state index < -0.39 is 0 Å². The SMILES string of the molecule is Cc1ccc(N=Nc2c(C)nn(CC(=O)c3ccccc3)c2C)cc1. The molecule has 0 amide bonds. The lowest BCUT2D eigenvalue weighted by molar-refractivity contribution is 0.0967. The summed E-state index contributed by atoms with van der Waals surface area (Å²) in [5.74, 6) is 0.0215. The molecule has 0 saturated carbocycles. The van der Waals surface area contributed by atoms with Gasteiger partial charge in [0.15, 0.2) is 5.78 Å². The summed E-state index contributed by atoms with van der Waals surface area (Å²) >= 11 is 0. The zero-order chi connectivity index (χ0) is 17.8. The van der Waals surface area contributed by atoms with Crippen molar-refractivity contribution < 1.29 is 4.79 Å². The minimum absolute atomic E-state index is 0.0215. The first-order valence-corrected chi connectivity index (χ1v) is 8.15. The predicted octanol–water partition coefficient (Wildman–Crippen LogP) is 5.11. The van der Waals surface area contributed by atoms with E-state index in [0.717, 1.165) is 17.1 Å². The molecule has 126 valence electrons. The summed E-state index contributed by atoms with van der Waals surface area (Å²) in [7, 11) is 0. The highest BCUT2D eigenvalue weighted by molar-refractivity contribution is 5.95. The molecule has 0 radical (unpaired) electrons. The normalized spacial score (nSPS) is 11.2. The molecule has 0 N–H and O–H groups in total. The van der Waals surface area contributed by atoms with Crippen molar-refractivity contribution in [2.75, 3.05) is 0 Å². The van der Waals surface area contributed by atoms with Crippen LogP contribution in [0.2, 0.25) is 0 Å². The second-order valence-electron chi connectivity index (χ2n) is 6.00. The van der Waals surface area contributed by atoms with Crippen molar-refractivity contribution in [3.63, 3.8) is 0 Å². The van der Waals surface area contributed by atoms with Gasteiger partial charge in [-0.05, 0) is 32.9 Å². The van der Waals surface area contributed by atoms with Crippen LogP contribution in [0.3, 0.4) is 0 Å². The average Bonchev–Trinajstić information content (AvgIpc) is 2.89. The van der Waals surface area contributed by atoms with Crippen LogP contribution < -0.4 is 0 Å². The van der Waals surface area contributed by atoms with Crippen molar-refractivity contribution in [3.8, 4) is 0 Å². The molecule has 1 aromatic heterocycles. The first-order valence-electron chi connectivity index (χ1n) is 8.15. The van der Waals surface area contributed by atoms with Crippen molar-refractivity contribution in [3.05, 3.63) is 77.1 Å². The third-order valence-electron chi connectivity index (χ3n) is 4.03. The van der Waals surface area contributed by atoms with Gasteiger partial charge in [-0.1, -0.05) is 48.0 Å². The number of nitrogens with zero attached hydrogens (tertiary/aromatic N) is 4. The Hall–Kier alpha value is -3.08. The maximum atomic E-state index is 12.4. The third kappa shape index (κ3) is 3.88. The molecule has 0 bridgehead atoms. The fraction of sp³-hybridized carbons (Fsp3) is 0.200. The number of carbonyl (C=O) groups excluding carboxylic acids is 1. The van der Waals surface area contributed by atoms with E-state index in [1.807, 2.05) is 75.4 Å². The Balaban J connectivity index is 1.81. The predicted molar refractivity (Wildman–Crippen MR) is 97.8 cm³/mol. The lowest BCUT2D eigenvalue weighted by Crippen LogP contribution is -2.12. The molecule has 0 unspecified atom stereocenters. The minimum Gasteiger partial charge on any atom is -0.292 e. The van der Waals surface area contributed by atoms with Gasteiger partial charge in [0, 0.05) is 5.56 Å². The van der Waals surface area contributed by atoms with E-state index >= 15 is 0 Å². The highest BCUT2D eigenvalue weighted by atomic mass is 16.1. The van der Waals surface area contributed by atoms with Gasteiger partial charge >= 0.3 is 0 Å². The monoisotopic (exact) mass is 332 g/mol. The smallest absolute Gasteiger partial charge is 0.184 e. The van der Waals surface area contributed by atoms with Crippen LogP contribution in [0.25, 0.3) is 0 Å². The number of hydrogen-bond donors (Lipinski definition) is 0. The van der Waals surface area contributed by atoms with Gasteiger partial charge < -0.3 is 0 Å². The van der Waals surface area contributed by atoms with Gasteiger partial charge in [-0.2, -0.15) is 10.2 Å². The zero-order valence-electron chi connectivity index (χ0n) is 14.6. The molecule has 1 heterocycles. The highest BCUT2D eigenvalue weighted by Gasteiger charge is 2.14. The summed E-state index contributed by atoms with van der Waals surface area (Å²) in [4.78, 5) is 12.4. The van der Waals surface area contributed by atoms with Crippen LogP contribution >= 0.6 is 0 Å². The summed E-state index contributed by atoms with van der Waals surface area (Å²) in [6.45, 7) is 6.00. The Labute approximate surface area is 147 Å². The first kappa shape index (κ1) is 16.8. The summed E-state index contributed by atoms with van der Waals surface area (Å²) in [5.41, 5.74) is 4.95. The van der Waals surface area contributed by atoms with Crippen LogP contribution in [-0.2, 0) is 6.54 Å². The van der Waals surface area contributed by atoms with E-state index in [-0.39, 0.29) is 12.3 Å². The molecule has 0 fully saturated rings. The highest BCUT2D eigenvalue weighted by Crippen LogP contribution is 2.26. The number of ketones is 1. The quantitative estimate of drug-likeness (QED) is 0.481. The van der Waals surface area contributed by atoms with Crippen LogP contribution in [0.1, 0.15) is 27.3 Å². The molecule has 5 nitrogen and oxygen atoms in total. The number of carbonyl (C=O) groups is 1. The van der Waals surface area contributed by atoms with Crippen LogP contribution in [0.4, 0.5) is 11.4 Å². The fourth-order valence-corrected chi connectivity index (χ4v) is 2.56. The molecular formula is C20H20N4O. The summed E-state index contributed by atoms with van der Waals surface area (Å²) in [6, 6.07) is 17.1. The Bertz CT molecular complexity index is 909. The van der Waals surface area contributed by atoms with Gasteiger partial charge in [-0.3, -0.25) is 9.48 Å². The Kier molecular flexibility index (Phi) is 4.84. The second kappa shape index (κ2) is 7.21. The van der Waals surface area contributed by atoms with Crippen molar-refractivity contribution in [1.82, 2.24) is 9.78 Å². The molecule has 0 saturated heterocycles.